The monoisotopic (exact) mass is 248 g/mol. The molecule has 3 rings (SSSR count). The third-order valence-electron chi connectivity index (χ3n) is 3.92. The van der Waals surface area contributed by atoms with Crippen LogP contribution in [0.15, 0.2) is 18.3 Å². The van der Waals surface area contributed by atoms with Crippen LogP contribution in [-0.4, -0.2) is 10.5 Å². The van der Waals surface area contributed by atoms with E-state index in [1.165, 1.54) is 23.8 Å². The Hall–Kier alpha value is -0.990. The number of hydrogen-bond donors (Lipinski definition) is 2. The molecule has 1 heterocycles. The molecule has 1 saturated carbocycles. The Labute approximate surface area is 106 Å². The first-order valence-corrected chi connectivity index (χ1v) is 6.51. The molecule has 0 atom stereocenters. The number of fused-ring (bicyclic) bond motifs is 1. The molecular formula is C14H17ClN2. The molecule has 0 unspecified atom stereocenters. The predicted octanol–water partition coefficient (Wildman–Crippen LogP) is 3.55. The lowest BCUT2D eigenvalue weighted by Gasteiger charge is -2.07. The van der Waals surface area contributed by atoms with Gasteiger partial charge in [-0.05, 0) is 49.8 Å². The van der Waals surface area contributed by atoms with E-state index in [0.717, 1.165) is 28.9 Å². The first-order valence-electron chi connectivity index (χ1n) is 6.13. The quantitative estimate of drug-likeness (QED) is 0.857. The summed E-state index contributed by atoms with van der Waals surface area (Å²) in [4.78, 5) is 3.33. The molecule has 1 aliphatic rings. The molecule has 0 radical (unpaired) electrons. The number of nitrogens with one attached hydrogen (secondary N) is 1. The van der Waals surface area contributed by atoms with Crippen molar-refractivity contribution in [2.75, 3.05) is 0 Å². The minimum Gasteiger partial charge on any atom is -0.361 e. The van der Waals surface area contributed by atoms with Gasteiger partial charge in [0.05, 0.1) is 5.52 Å². The highest BCUT2D eigenvalue weighted by atomic mass is 35.5. The SMILES string of the molecule is Cc1c(Cl)ccc2c(CCC3(N)CC3)c[nH]c12. The number of H-pyrrole nitrogens is 1. The van der Waals surface area contributed by atoms with E-state index in [4.69, 9.17) is 17.3 Å². The van der Waals surface area contributed by atoms with Gasteiger partial charge in [0.25, 0.3) is 0 Å². The van der Waals surface area contributed by atoms with E-state index in [2.05, 4.69) is 24.2 Å². The van der Waals surface area contributed by atoms with Crippen LogP contribution >= 0.6 is 11.6 Å². The lowest BCUT2D eigenvalue weighted by atomic mass is 10.0. The lowest BCUT2D eigenvalue weighted by Crippen LogP contribution is -2.21. The summed E-state index contributed by atoms with van der Waals surface area (Å²) in [5, 5.41) is 2.11. The highest BCUT2D eigenvalue weighted by Crippen LogP contribution is 2.37. The number of nitrogens with two attached hydrogens (primary N) is 1. The van der Waals surface area contributed by atoms with E-state index in [1.807, 2.05) is 6.07 Å². The van der Waals surface area contributed by atoms with E-state index < -0.39 is 0 Å². The number of aromatic amines is 1. The summed E-state index contributed by atoms with van der Waals surface area (Å²) in [5.74, 6) is 0. The number of aromatic nitrogens is 1. The lowest BCUT2D eigenvalue weighted by molar-refractivity contribution is 0.610. The van der Waals surface area contributed by atoms with Crippen molar-refractivity contribution in [3.63, 3.8) is 0 Å². The normalized spacial score (nSPS) is 17.6. The van der Waals surface area contributed by atoms with Crippen molar-refractivity contribution in [3.8, 4) is 0 Å². The topological polar surface area (TPSA) is 41.8 Å². The second-order valence-corrected chi connectivity index (χ2v) is 5.68. The number of halogens is 1. The Bertz CT molecular complexity index is 567. The Morgan fingerprint density at radius 3 is 2.88 bits per heavy atom. The van der Waals surface area contributed by atoms with E-state index in [-0.39, 0.29) is 5.54 Å². The average molecular weight is 249 g/mol. The van der Waals surface area contributed by atoms with Crippen molar-refractivity contribution in [2.45, 2.75) is 38.1 Å². The molecule has 0 spiro atoms. The molecule has 0 aliphatic heterocycles. The number of benzene rings is 1. The van der Waals surface area contributed by atoms with Crippen LogP contribution in [-0.2, 0) is 6.42 Å². The fraction of sp³-hybridized carbons (Fsp3) is 0.429. The summed E-state index contributed by atoms with van der Waals surface area (Å²) in [6, 6.07) is 4.08. The summed E-state index contributed by atoms with van der Waals surface area (Å²) in [7, 11) is 0. The second-order valence-electron chi connectivity index (χ2n) is 5.27. The van der Waals surface area contributed by atoms with E-state index in [0.29, 0.717) is 0 Å². The summed E-state index contributed by atoms with van der Waals surface area (Å²) < 4.78 is 0. The van der Waals surface area contributed by atoms with Gasteiger partial charge in [-0.1, -0.05) is 17.7 Å². The Balaban J connectivity index is 1.92. The maximum absolute atomic E-state index is 6.13. The molecule has 1 aromatic heterocycles. The number of rotatable bonds is 3. The average Bonchev–Trinajstić information content (AvgIpc) is 2.91. The second kappa shape index (κ2) is 3.76. The van der Waals surface area contributed by atoms with Crippen LogP contribution < -0.4 is 5.73 Å². The number of hydrogen-bond acceptors (Lipinski definition) is 1. The van der Waals surface area contributed by atoms with Crippen LogP contribution in [0.1, 0.15) is 30.4 Å². The molecule has 1 fully saturated rings. The summed E-state index contributed by atoms with van der Waals surface area (Å²) in [5.41, 5.74) is 9.91. The van der Waals surface area contributed by atoms with Crippen LogP contribution in [0.4, 0.5) is 0 Å². The Morgan fingerprint density at radius 1 is 1.41 bits per heavy atom. The van der Waals surface area contributed by atoms with Gasteiger partial charge < -0.3 is 10.7 Å². The molecule has 0 bridgehead atoms. The molecule has 1 aliphatic carbocycles. The number of aryl methyl sites for hydroxylation is 2. The van der Waals surface area contributed by atoms with Crippen molar-refractivity contribution in [1.29, 1.82) is 0 Å². The van der Waals surface area contributed by atoms with Gasteiger partial charge in [0.2, 0.25) is 0 Å². The van der Waals surface area contributed by atoms with E-state index in [1.54, 1.807) is 0 Å². The van der Waals surface area contributed by atoms with Crippen molar-refractivity contribution >= 4 is 22.5 Å². The highest BCUT2D eigenvalue weighted by Gasteiger charge is 2.37. The van der Waals surface area contributed by atoms with Gasteiger partial charge in [-0.3, -0.25) is 0 Å². The van der Waals surface area contributed by atoms with Crippen molar-refractivity contribution in [3.05, 3.63) is 34.5 Å². The van der Waals surface area contributed by atoms with E-state index >= 15 is 0 Å². The molecule has 2 aromatic rings. The van der Waals surface area contributed by atoms with Crippen LogP contribution in [0.3, 0.4) is 0 Å². The van der Waals surface area contributed by atoms with Gasteiger partial charge in [0, 0.05) is 22.1 Å². The van der Waals surface area contributed by atoms with Crippen LogP contribution in [0.2, 0.25) is 5.02 Å². The molecule has 2 nitrogen and oxygen atoms in total. The first-order chi connectivity index (χ1) is 8.09. The van der Waals surface area contributed by atoms with Gasteiger partial charge in [-0.2, -0.15) is 0 Å². The fourth-order valence-electron chi connectivity index (χ4n) is 2.38. The molecule has 17 heavy (non-hydrogen) atoms. The first kappa shape index (κ1) is 11.1. The molecule has 3 heteroatoms. The Kier molecular flexibility index (Phi) is 2.46. The minimum absolute atomic E-state index is 0.130. The maximum Gasteiger partial charge on any atom is 0.0501 e. The van der Waals surface area contributed by atoms with Gasteiger partial charge >= 0.3 is 0 Å². The van der Waals surface area contributed by atoms with Crippen molar-refractivity contribution < 1.29 is 0 Å². The predicted molar refractivity (Wildman–Crippen MR) is 72.5 cm³/mol. The molecule has 90 valence electrons. The third kappa shape index (κ3) is 1.96. The maximum atomic E-state index is 6.13. The summed E-state index contributed by atoms with van der Waals surface area (Å²) in [6.07, 6.45) is 6.60. The van der Waals surface area contributed by atoms with Gasteiger partial charge in [-0.25, -0.2) is 0 Å². The zero-order valence-corrected chi connectivity index (χ0v) is 10.8. The fourth-order valence-corrected chi connectivity index (χ4v) is 2.54. The van der Waals surface area contributed by atoms with Crippen LogP contribution in [0.5, 0.6) is 0 Å². The summed E-state index contributed by atoms with van der Waals surface area (Å²) in [6.45, 7) is 2.05. The molecule has 0 amide bonds. The van der Waals surface area contributed by atoms with Gasteiger partial charge in [-0.15, -0.1) is 0 Å². The standard InChI is InChI=1S/C14H17ClN2/c1-9-12(15)3-2-11-10(8-17-13(9)11)4-5-14(16)6-7-14/h2-3,8,17H,4-7,16H2,1H3. The van der Waals surface area contributed by atoms with Gasteiger partial charge in [0.15, 0.2) is 0 Å². The molecule has 3 N–H and O–H groups in total. The van der Waals surface area contributed by atoms with Gasteiger partial charge in [0.1, 0.15) is 0 Å². The molecule has 0 saturated heterocycles. The van der Waals surface area contributed by atoms with Crippen LogP contribution in [0.25, 0.3) is 10.9 Å². The summed E-state index contributed by atoms with van der Waals surface area (Å²) >= 11 is 6.12. The van der Waals surface area contributed by atoms with Crippen LogP contribution in [0, 0.1) is 6.92 Å². The zero-order valence-electron chi connectivity index (χ0n) is 10.0. The highest BCUT2D eigenvalue weighted by molar-refractivity contribution is 6.32. The Morgan fingerprint density at radius 2 is 2.18 bits per heavy atom. The van der Waals surface area contributed by atoms with Crippen molar-refractivity contribution in [1.82, 2.24) is 4.98 Å². The van der Waals surface area contributed by atoms with E-state index in [9.17, 15) is 0 Å². The molecule has 1 aromatic carbocycles. The zero-order chi connectivity index (χ0) is 12.0. The largest absolute Gasteiger partial charge is 0.361 e. The molecular weight excluding hydrogens is 232 g/mol. The van der Waals surface area contributed by atoms with Crippen molar-refractivity contribution in [2.24, 2.45) is 5.73 Å². The minimum atomic E-state index is 0.130. The smallest absolute Gasteiger partial charge is 0.0501 e. The third-order valence-corrected chi connectivity index (χ3v) is 4.33.